The minimum Gasteiger partial charge on any atom is -0.492 e. The first-order valence-corrected chi connectivity index (χ1v) is 8.11. The van der Waals surface area contributed by atoms with Crippen LogP contribution < -0.4 is 4.74 Å². The Morgan fingerprint density at radius 1 is 1.37 bits per heavy atom. The van der Waals surface area contributed by atoms with Gasteiger partial charge in [-0.15, -0.1) is 0 Å². The zero-order valence-electron chi connectivity index (χ0n) is 11.0. The van der Waals surface area contributed by atoms with Gasteiger partial charge in [0.25, 0.3) is 0 Å². The van der Waals surface area contributed by atoms with Crippen LogP contribution in [0, 0.1) is 0 Å². The summed E-state index contributed by atoms with van der Waals surface area (Å²) in [5, 5.41) is 1.23. The van der Waals surface area contributed by atoms with Gasteiger partial charge in [0.2, 0.25) is 0 Å². The van der Waals surface area contributed by atoms with Gasteiger partial charge in [0.1, 0.15) is 5.75 Å². The molecule has 19 heavy (non-hydrogen) atoms. The quantitative estimate of drug-likeness (QED) is 0.663. The lowest BCUT2D eigenvalue weighted by molar-refractivity contribution is 0.0557. The maximum absolute atomic E-state index is 6.32. The van der Waals surface area contributed by atoms with E-state index in [-0.39, 0.29) is 10.9 Å². The fourth-order valence-corrected chi connectivity index (χ4v) is 3.67. The van der Waals surface area contributed by atoms with Crippen LogP contribution in [0.4, 0.5) is 0 Å². The summed E-state index contributed by atoms with van der Waals surface area (Å²) < 4.78 is 11.3. The third-order valence-electron chi connectivity index (χ3n) is 3.24. The van der Waals surface area contributed by atoms with Crippen molar-refractivity contribution in [3.8, 4) is 5.75 Å². The van der Waals surface area contributed by atoms with Crippen LogP contribution in [0.15, 0.2) is 12.1 Å². The summed E-state index contributed by atoms with van der Waals surface area (Å²) in [5.41, 5.74) is 0.953. The molecule has 5 heteroatoms. The highest BCUT2D eigenvalue weighted by Gasteiger charge is 2.30. The molecule has 0 saturated carbocycles. The van der Waals surface area contributed by atoms with E-state index in [2.05, 4.69) is 22.9 Å². The van der Waals surface area contributed by atoms with Gasteiger partial charge in [-0.2, -0.15) is 0 Å². The van der Waals surface area contributed by atoms with Crippen molar-refractivity contribution in [1.29, 1.82) is 0 Å². The van der Waals surface area contributed by atoms with E-state index in [1.165, 1.54) is 0 Å². The van der Waals surface area contributed by atoms with E-state index in [1.807, 2.05) is 13.0 Å². The van der Waals surface area contributed by atoms with E-state index in [9.17, 15) is 0 Å². The molecule has 1 aliphatic heterocycles. The van der Waals surface area contributed by atoms with Crippen molar-refractivity contribution in [3.63, 3.8) is 0 Å². The first kappa shape index (κ1) is 15.4. The Hall–Kier alpha value is 0.0400. The summed E-state index contributed by atoms with van der Waals surface area (Å²) >= 11 is 16.2. The third-order valence-corrected chi connectivity index (χ3v) is 4.94. The van der Waals surface area contributed by atoms with Crippen molar-refractivity contribution >= 4 is 39.1 Å². The molecule has 106 valence electrons. The van der Waals surface area contributed by atoms with Gasteiger partial charge in [0, 0.05) is 11.1 Å². The summed E-state index contributed by atoms with van der Waals surface area (Å²) in [5.74, 6) is 0.623. The fourth-order valence-electron chi connectivity index (χ4n) is 2.27. The highest BCUT2D eigenvalue weighted by Crippen LogP contribution is 2.42. The zero-order valence-corrected chi connectivity index (χ0v) is 14.1. The molecule has 1 fully saturated rings. The zero-order chi connectivity index (χ0) is 14.0. The molecule has 0 aliphatic carbocycles. The number of hydrogen-bond acceptors (Lipinski definition) is 2. The lowest BCUT2D eigenvalue weighted by Crippen LogP contribution is -2.14. The maximum atomic E-state index is 6.32. The normalized spacial score (nSPS) is 24.5. The van der Waals surface area contributed by atoms with Crippen molar-refractivity contribution in [1.82, 2.24) is 0 Å². The molecule has 2 nitrogen and oxygen atoms in total. The standard InChI is InChI=1S/C14H17BrCl2O2/c1-3-18-13-7-10(16)9(6-11(13)17)14(15)12-5-4-8(2)19-12/h6-8,12,14H,3-5H2,1-2H3. The second-order valence-electron chi connectivity index (χ2n) is 4.70. The van der Waals surface area contributed by atoms with Crippen LogP contribution in [0.5, 0.6) is 5.75 Å². The van der Waals surface area contributed by atoms with Crippen molar-refractivity contribution < 1.29 is 9.47 Å². The molecule has 0 aromatic heterocycles. The monoisotopic (exact) mass is 366 g/mol. The molecular weight excluding hydrogens is 351 g/mol. The van der Waals surface area contributed by atoms with Gasteiger partial charge >= 0.3 is 0 Å². The Bertz CT molecular complexity index is 453. The first-order valence-electron chi connectivity index (χ1n) is 6.44. The molecule has 3 unspecified atom stereocenters. The van der Waals surface area contributed by atoms with Gasteiger partial charge in [-0.1, -0.05) is 39.1 Å². The largest absolute Gasteiger partial charge is 0.492 e. The Kier molecular flexibility index (Phi) is 5.41. The van der Waals surface area contributed by atoms with Gasteiger partial charge in [0.15, 0.2) is 0 Å². The number of alkyl halides is 1. The molecule has 1 heterocycles. The van der Waals surface area contributed by atoms with Crippen molar-refractivity contribution in [2.45, 2.75) is 43.7 Å². The number of ether oxygens (including phenoxy) is 2. The number of benzene rings is 1. The van der Waals surface area contributed by atoms with E-state index in [0.29, 0.717) is 28.5 Å². The Morgan fingerprint density at radius 3 is 2.68 bits per heavy atom. The molecule has 1 aromatic carbocycles. The summed E-state index contributed by atoms with van der Waals surface area (Å²) in [6.07, 6.45) is 2.55. The van der Waals surface area contributed by atoms with Gasteiger partial charge in [-0.3, -0.25) is 0 Å². The van der Waals surface area contributed by atoms with Crippen molar-refractivity contribution in [2.75, 3.05) is 6.61 Å². The maximum Gasteiger partial charge on any atom is 0.139 e. The number of rotatable bonds is 4. The van der Waals surface area contributed by atoms with Crippen LogP contribution >= 0.6 is 39.1 Å². The van der Waals surface area contributed by atoms with Crippen LogP contribution in [0.1, 0.15) is 37.1 Å². The molecule has 0 radical (unpaired) electrons. The molecule has 1 aliphatic rings. The van der Waals surface area contributed by atoms with Crippen LogP contribution in [0.25, 0.3) is 0 Å². The van der Waals surface area contributed by atoms with Crippen LogP contribution in [0.2, 0.25) is 10.0 Å². The molecule has 0 N–H and O–H groups in total. The summed E-state index contributed by atoms with van der Waals surface area (Å²) in [6.45, 7) is 4.57. The molecule has 0 bridgehead atoms. The van der Waals surface area contributed by atoms with Gasteiger partial charge in [-0.05, 0) is 38.3 Å². The molecule has 2 rings (SSSR count). The molecule has 0 spiro atoms. The van der Waals surface area contributed by atoms with Crippen LogP contribution in [0.3, 0.4) is 0 Å². The molecular formula is C14H17BrCl2O2. The van der Waals surface area contributed by atoms with E-state index in [0.717, 1.165) is 18.4 Å². The van der Waals surface area contributed by atoms with Crippen molar-refractivity contribution in [3.05, 3.63) is 27.7 Å². The molecule has 0 amide bonds. The number of halogens is 3. The predicted molar refractivity (Wildman–Crippen MR) is 82.9 cm³/mol. The molecule has 3 atom stereocenters. The fraction of sp³-hybridized carbons (Fsp3) is 0.571. The van der Waals surface area contributed by atoms with Crippen LogP contribution in [-0.4, -0.2) is 18.8 Å². The Labute approximate surface area is 132 Å². The highest BCUT2D eigenvalue weighted by molar-refractivity contribution is 9.09. The Balaban J connectivity index is 2.22. The first-order chi connectivity index (χ1) is 9.02. The van der Waals surface area contributed by atoms with E-state index in [1.54, 1.807) is 6.07 Å². The Morgan fingerprint density at radius 2 is 2.11 bits per heavy atom. The smallest absolute Gasteiger partial charge is 0.139 e. The summed E-state index contributed by atoms with van der Waals surface area (Å²) in [4.78, 5) is 0.0538. The SMILES string of the molecule is CCOc1cc(Cl)c(C(Br)C2CCC(C)O2)cc1Cl. The van der Waals surface area contributed by atoms with Gasteiger partial charge in [-0.25, -0.2) is 0 Å². The molecule has 1 saturated heterocycles. The third kappa shape index (κ3) is 3.57. The number of hydrogen-bond donors (Lipinski definition) is 0. The van der Waals surface area contributed by atoms with E-state index >= 15 is 0 Å². The van der Waals surface area contributed by atoms with Crippen molar-refractivity contribution in [2.24, 2.45) is 0 Å². The summed E-state index contributed by atoms with van der Waals surface area (Å²) in [7, 11) is 0. The lowest BCUT2D eigenvalue weighted by Gasteiger charge is -2.20. The van der Waals surface area contributed by atoms with Gasteiger partial charge in [0.05, 0.1) is 28.7 Å². The average molecular weight is 368 g/mol. The highest BCUT2D eigenvalue weighted by atomic mass is 79.9. The average Bonchev–Trinajstić information content (AvgIpc) is 2.79. The summed E-state index contributed by atoms with van der Waals surface area (Å²) in [6, 6.07) is 3.63. The van der Waals surface area contributed by atoms with Crippen LogP contribution in [-0.2, 0) is 4.74 Å². The van der Waals surface area contributed by atoms with E-state index in [4.69, 9.17) is 32.7 Å². The lowest BCUT2D eigenvalue weighted by atomic mass is 10.0. The second-order valence-corrected chi connectivity index (χ2v) is 6.50. The van der Waals surface area contributed by atoms with E-state index < -0.39 is 0 Å². The molecule has 1 aromatic rings. The topological polar surface area (TPSA) is 18.5 Å². The minimum absolute atomic E-state index is 0.0538. The minimum atomic E-state index is 0.0538. The predicted octanol–water partition coefficient (Wildman–Crippen LogP) is 5.40. The van der Waals surface area contributed by atoms with Gasteiger partial charge < -0.3 is 9.47 Å². The second kappa shape index (κ2) is 6.66.